The molecule has 0 radical (unpaired) electrons. The van der Waals surface area contributed by atoms with Gasteiger partial charge in [0, 0.05) is 12.2 Å². The molecule has 0 saturated carbocycles. The van der Waals surface area contributed by atoms with E-state index in [9.17, 15) is 4.79 Å². The Balaban J connectivity index is 2.16. The Morgan fingerprint density at radius 3 is 2.50 bits per heavy atom. The Morgan fingerprint density at radius 1 is 1.18 bits per heavy atom. The minimum absolute atomic E-state index is 0.0157. The summed E-state index contributed by atoms with van der Waals surface area (Å²) in [4.78, 5) is 16.8. The minimum Gasteiger partial charge on any atom is -0.484 e. The van der Waals surface area contributed by atoms with E-state index in [-0.39, 0.29) is 18.6 Å². The van der Waals surface area contributed by atoms with Crippen LogP contribution in [-0.2, 0) is 0 Å². The fourth-order valence-electron chi connectivity index (χ4n) is 2.25. The van der Waals surface area contributed by atoms with E-state index in [2.05, 4.69) is 11.1 Å². The van der Waals surface area contributed by atoms with Crippen LogP contribution in [0, 0.1) is 13.8 Å². The smallest absolute Gasteiger partial charge is 0.270 e. The van der Waals surface area contributed by atoms with Gasteiger partial charge in [0.05, 0.1) is 0 Å². The van der Waals surface area contributed by atoms with Crippen LogP contribution in [0.4, 0.5) is 0 Å². The van der Waals surface area contributed by atoms with Gasteiger partial charge in [0.2, 0.25) is 0 Å². The first-order valence-corrected chi connectivity index (χ1v) is 7.41. The predicted octanol–water partition coefficient (Wildman–Crippen LogP) is 3.13. The number of carbonyl (C=O) groups is 1. The number of aromatic nitrogens is 1. The predicted molar refractivity (Wildman–Crippen MR) is 87.2 cm³/mol. The van der Waals surface area contributed by atoms with Crippen molar-refractivity contribution in [2.45, 2.75) is 33.7 Å². The van der Waals surface area contributed by atoms with Crippen LogP contribution in [-0.4, -0.2) is 23.1 Å². The van der Waals surface area contributed by atoms with Gasteiger partial charge in [0.1, 0.15) is 11.2 Å². The lowest BCUT2D eigenvalue weighted by Crippen LogP contribution is -2.31. The van der Waals surface area contributed by atoms with Crippen molar-refractivity contribution in [2.75, 3.05) is 6.61 Å². The highest BCUT2D eigenvalue weighted by molar-refractivity contribution is 5.80. The molecule has 0 fully saturated rings. The standard InChI is InChI=1S/C18H22N2O2/c1-13(2)19-17-7-5-6-8-20(17)18(21)12-22-16-10-14(3)9-15(4)11-16/h5-11,13H,12H2,1-4H3. The van der Waals surface area contributed by atoms with Gasteiger partial charge in [0.25, 0.3) is 5.91 Å². The van der Waals surface area contributed by atoms with E-state index in [1.165, 1.54) is 4.57 Å². The molecule has 0 atom stereocenters. The number of ether oxygens (including phenoxy) is 1. The van der Waals surface area contributed by atoms with Crippen LogP contribution in [0.3, 0.4) is 0 Å². The number of rotatable bonds is 4. The fraction of sp³-hybridized carbons (Fsp3) is 0.333. The number of pyridine rings is 1. The molecule has 4 heteroatoms. The largest absolute Gasteiger partial charge is 0.484 e. The maximum Gasteiger partial charge on any atom is 0.270 e. The van der Waals surface area contributed by atoms with Crippen molar-refractivity contribution in [1.29, 1.82) is 0 Å². The molecule has 0 N–H and O–H groups in total. The van der Waals surface area contributed by atoms with E-state index in [4.69, 9.17) is 4.74 Å². The van der Waals surface area contributed by atoms with Crippen LogP contribution in [0.2, 0.25) is 0 Å². The zero-order valence-electron chi connectivity index (χ0n) is 13.5. The summed E-state index contributed by atoms with van der Waals surface area (Å²) in [6.07, 6.45) is 1.72. The molecule has 0 aliphatic heterocycles. The maximum absolute atomic E-state index is 12.4. The molecule has 0 amide bonds. The molecule has 2 rings (SSSR count). The van der Waals surface area contributed by atoms with Gasteiger partial charge >= 0.3 is 0 Å². The Morgan fingerprint density at radius 2 is 1.86 bits per heavy atom. The number of hydrogen-bond acceptors (Lipinski definition) is 3. The molecule has 1 heterocycles. The molecule has 0 saturated heterocycles. The quantitative estimate of drug-likeness (QED) is 0.870. The summed E-state index contributed by atoms with van der Waals surface area (Å²) in [5.74, 6) is 0.573. The lowest BCUT2D eigenvalue weighted by Gasteiger charge is -2.10. The van der Waals surface area contributed by atoms with Crippen molar-refractivity contribution < 1.29 is 9.53 Å². The highest BCUT2D eigenvalue weighted by Gasteiger charge is 2.07. The molecule has 0 unspecified atom stereocenters. The Labute approximate surface area is 131 Å². The Bertz CT molecular complexity index is 710. The van der Waals surface area contributed by atoms with E-state index in [0.717, 1.165) is 11.1 Å². The summed E-state index contributed by atoms with van der Waals surface area (Å²) in [6, 6.07) is 11.6. The van der Waals surface area contributed by atoms with Crippen LogP contribution in [0.15, 0.2) is 47.6 Å². The van der Waals surface area contributed by atoms with Crippen molar-refractivity contribution in [3.63, 3.8) is 0 Å². The highest BCUT2D eigenvalue weighted by Crippen LogP contribution is 2.16. The summed E-state index contributed by atoms with van der Waals surface area (Å²) in [5, 5.41) is 0. The van der Waals surface area contributed by atoms with Crippen LogP contribution >= 0.6 is 0 Å². The topological polar surface area (TPSA) is 43.6 Å². The summed E-state index contributed by atoms with van der Waals surface area (Å²) in [5.41, 5.74) is 2.88. The van der Waals surface area contributed by atoms with Gasteiger partial charge in [-0.3, -0.25) is 14.4 Å². The zero-order valence-corrected chi connectivity index (χ0v) is 13.5. The summed E-state index contributed by atoms with van der Waals surface area (Å²) in [7, 11) is 0. The SMILES string of the molecule is Cc1cc(C)cc(OCC(=O)n2ccccc2=NC(C)C)c1. The van der Waals surface area contributed by atoms with Crippen molar-refractivity contribution >= 4 is 5.91 Å². The lowest BCUT2D eigenvalue weighted by atomic mass is 10.1. The normalized spacial score (nSPS) is 11.8. The third-order valence-corrected chi connectivity index (χ3v) is 3.06. The molecule has 0 bridgehead atoms. The van der Waals surface area contributed by atoms with Crippen LogP contribution in [0.1, 0.15) is 29.8 Å². The number of benzene rings is 1. The molecule has 1 aromatic carbocycles. The van der Waals surface area contributed by atoms with Gasteiger partial charge in [-0.25, -0.2) is 0 Å². The van der Waals surface area contributed by atoms with Crippen molar-refractivity contribution in [3.8, 4) is 5.75 Å². The molecule has 0 aliphatic rings. The van der Waals surface area contributed by atoms with Crippen LogP contribution in [0.5, 0.6) is 5.75 Å². The highest BCUT2D eigenvalue weighted by atomic mass is 16.5. The first-order chi connectivity index (χ1) is 10.5. The van der Waals surface area contributed by atoms with E-state index in [1.54, 1.807) is 6.20 Å². The van der Waals surface area contributed by atoms with E-state index in [1.807, 2.05) is 58.0 Å². The minimum atomic E-state index is -0.140. The molecular weight excluding hydrogens is 276 g/mol. The van der Waals surface area contributed by atoms with E-state index < -0.39 is 0 Å². The number of carbonyl (C=O) groups excluding carboxylic acids is 1. The van der Waals surface area contributed by atoms with Gasteiger partial charge in [-0.1, -0.05) is 12.1 Å². The van der Waals surface area contributed by atoms with Gasteiger partial charge in [0.15, 0.2) is 6.61 Å². The first-order valence-electron chi connectivity index (χ1n) is 7.41. The number of nitrogens with zero attached hydrogens (tertiary/aromatic N) is 2. The van der Waals surface area contributed by atoms with Crippen LogP contribution < -0.4 is 10.2 Å². The van der Waals surface area contributed by atoms with Gasteiger partial charge in [-0.05, 0) is 63.1 Å². The molecule has 1 aromatic heterocycles. The number of aryl methyl sites for hydroxylation is 2. The maximum atomic E-state index is 12.4. The van der Waals surface area contributed by atoms with Crippen molar-refractivity contribution in [2.24, 2.45) is 4.99 Å². The van der Waals surface area contributed by atoms with Crippen molar-refractivity contribution in [3.05, 3.63) is 59.2 Å². The summed E-state index contributed by atoms with van der Waals surface area (Å²) < 4.78 is 7.16. The second kappa shape index (κ2) is 7.07. The van der Waals surface area contributed by atoms with E-state index in [0.29, 0.717) is 11.2 Å². The Hall–Kier alpha value is -2.36. The van der Waals surface area contributed by atoms with Gasteiger partial charge in [-0.15, -0.1) is 0 Å². The van der Waals surface area contributed by atoms with Crippen molar-refractivity contribution in [1.82, 2.24) is 4.57 Å². The molecular formula is C18H22N2O2. The second-order valence-electron chi connectivity index (χ2n) is 5.66. The summed E-state index contributed by atoms with van der Waals surface area (Å²) >= 11 is 0. The van der Waals surface area contributed by atoms with E-state index >= 15 is 0 Å². The zero-order chi connectivity index (χ0) is 16.1. The second-order valence-corrected chi connectivity index (χ2v) is 5.66. The molecule has 116 valence electrons. The molecule has 0 spiro atoms. The molecule has 4 nitrogen and oxygen atoms in total. The average molecular weight is 298 g/mol. The average Bonchev–Trinajstić information content (AvgIpc) is 2.44. The monoisotopic (exact) mass is 298 g/mol. The lowest BCUT2D eigenvalue weighted by molar-refractivity contribution is 0.0831. The Kier molecular flexibility index (Phi) is 5.15. The third-order valence-electron chi connectivity index (χ3n) is 3.06. The third kappa shape index (κ3) is 4.32. The van der Waals surface area contributed by atoms with Gasteiger partial charge < -0.3 is 4.74 Å². The molecule has 22 heavy (non-hydrogen) atoms. The molecule has 2 aromatic rings. The van der Waals surface area contributed by atoms with Crippen LogP contribution in [0.25, 0.3) is 0 Å². The first kappa shape index (κ1) is 16.0. The van der Waals surface area contributed by atoms with Gasteiger partial charge in [-0.2, -0.15) is 0 Å². The number of hydrogen-bond donors (Lipinski definition) is 0. The molecule has 0 aliphatic carbocycles. The fourth-order valence-corrected chi connectivity index (χ4v) is 2.25. The summed E-state index contributed by atoms with van der Waals surface area (Å²) in [6.45, 7) is 7.96.